The lowest BCUT2D eigenvalue weighted by Gasteiger charge is -2.39. The molecule has 8 nitrogen and oxygen atoms in total. The van der Waals surface area contributed by atoms with Crippen LogP contribution in [0.2, 0.25) is 0 Å². The summed E-state index contributed by atoms with van der Waals surface area (Å²) >= 11 is 1.44. The Morgan fingerprint density at radius 2 is 2.00 bits per heavy atom. The molecule has 32 heavy (non-hydrogen) atoms. The van der Waals surface area contributed by atoms with E-state index < -0.39 is 10.0 Å². The number of hydrogen-bond donors (Lipinski definition) is 1. The van der Waals surface area contributed by atoms with Gasteiger partial charge >= 0.3 is 0 Å². The minimum atomic E-state index is -3.23. The van der Waals surface area contributed by atoms with Gasteiger partial charge in [-0.3, -0.25) is 9.69 Å². The molecule has 2 fully saturated rings. The highest BCUT2D eigenvalue weighted by molar-refractivity contribution is 7.88. The van der Waals surface area contributed by atoms with Gasteiger partial charge in [0.05, 0.1) is 29.6 Å². The van der Waals surface area contributed by atoms with Crippen molar-refractivity contribution in [2.45, 2.75) is 45.6 Å². The zero-order chi connectivity index (χ0) is 23.1. The first kappa shape index (κ1) is 23.4. The molecule has 0 saturated carbocycles. The maximum absolute atomic E-state index is 12.6. The van der Waals surface area contributed by atoms with Gasteiger partial charge in [0.1, 0.15) is 5.75 Å². The Labute approximate surface area is 194 Å². The van der Waals surface area contributed by atoms with Gasteiger partial charge in [0.15, 0.2) is 5.13 Å². The third-order valence-electron chi connectivity index (χ3n) is 6.56. The summed E-state index contributed by atoms with van der Waals surface area (Å²) in [5, 5.41) is 3.52. The minimum Gasteiger partial charge on any atom is -0.494 e. The van der Waals surface area contributed by atoms with Crippen LogP contribution in [0.1, 0.15) is 40.0 Å². The number of hydrogen-bond acceptors (Lipinski definition) is 7. The topological polar surface area (TPSA) is 91.8 Å². The van der Waals surface area contributed by atoms with E-state index >= 15 is 0 Å². The highest BCUT2D eigenvalue weighted by atomic mass is 32.2. The Bertz CT molecular complexity index is 1100. The number of piperidine rings is 1. The fourth-order valence-electron chi connectivity index (χ4n) is 5.24. The van der Waals surface area contributed by atoms with Crippen LogP contribution in [-0.2, 0) is 14.8 Å². The van der Waals surface area contributed by atoms with Gasteiger partial charge in [0.2, 0.25) is 15.9 Å². The number of likely N-dealkylation sites (tertiary alicyclic amines) is 1. The van der Waals surface area contributed by atoms with Crippen LogP contribution >= 0.6 is 11.3 Å². The fraction of sp³-hybridized carbons (Fsp3) is 0.636. The van der Waals surface area contributed by atoms with Crippen molar-refractivity contribution in [3.63, 3.8) is 0 Å². The van der Waals surface area contributed by atoms with Gasteiger partial charge < -0.3 is 10.1 Å². The number of aromatic nitrogens is 1. The predicted octanol–water partition coefficient (Wildman–Crippen LogP) is 3.16. The van der Waals surface area contributed by atoms with E-state index in [2.05, 4.69) is 15.2 Å². The standard InChI is InChI=1S/C22H32N4O4S2/c1-5-30-16-6-7-17-18(12-16)31-20(23-17)24-19(27)13-25-10-8-22(9-11-25)14-21(2,3)26(15-22)32(4,28)29/h6-7,12H,5,8-11,13-15H2,1-4H3,(H,23,24,27). The number of benzene rings is 1. The molecule has 1 N–H and O–H groups in total. The van der Waals surface area contributed by atoms with Crippen LogP contribution in [0.5, 0.6) is 5.75 Å². The molecule has 2 aliphatic heterocycles. The van der Waals surface area contributed by atoms with Crippen LogP contribution in [0.3, 0.4) is 0 Å². The van der Waals surface area contributed by atoms with Gasteiger partial charge in [0.25, 0.3) is 0 Å². The monoisotopic (exact) mass is 480 g/mol. The summed E-state index contributed by atoms with van der Waals surface area (Å²) in [7, 11) is -3.23. The van der Waals surface area contributed by atoms with E-state index in [0.29, 0.717) is 24.8 Å². The number of nitrogens with zero attached hydrogens (tertiary/aromatic N) is 3. The quantitative estimate of drug-likeness (QED) is 0.683. The molecule has 2 saturated heterocycles. The summed E-state index contributed by atoms with van der Waals surface area (Å²) < 4.78 is 32.6. The predicted molar refractivity (Wildman–Crippen MR) is 128 cm³/mol. The Kier molecular flexibility index (Phi) is 6.26. The van der Waals surface area contributed by atoms with Crippen LogP contribution in [-0.4, -0.2) is 73.1 Å². The highest BCUT2D eigenvalue weighted by Gasteiger charge is 2.52. The van der Waals surface area contributed by atoms with Crippen molar-refractivity contribution in [2.24, 2.45) is 5.41 Å². The van der Waals surface area contributed by atoms with Crippen molar-refractivity contribution in [3.05, 3.63) is 18.2 Å². The molecule has 4 rings (SSSR count). The SMILES string of the molecule is CCOc1ccc2nc(NC(=O)CN3CCC4(CC3)CN(S(C)(=O)=O)C(C)(C)C4)sc2c1. The van der Waals surface area contributed by atoms with E-state index in [1.165, 1.54) is 17.6 Å². The number of rotatable bonds is 6. The molecule has 3 heterocycles. The number of amides is 1. The molecule has 2 aliphatic rings. The Balaban J connectivity index is 1.33. The molecular formula is C22H32N4O4S2. The molecule has 0 radical (unpaired) electrons. The molecule has 0 unspecified atom stereocenters. The Morgan fingerprint density at radius 3 is 2.62 bits per heavy atom. The van der Waals surface area contributed by atoms with E-state index in [-0.39, 0.29) is 16.9 Å². The van der Waals surface area contributed by atoms with Gasteiger partial charge in [-0.15, -0.1) is 0 Å². The molecular weight excluding hydrogens is 448 g/mol. The van der Waals surface area contributed by atoms with Crippen LogP contribution in [0, 0.1) is 5.41 Å². The summed E-state index contributed by atoms with van der Waals surface area (Å²) in [6, 6.07) is 5.73. The van der Waals surface area contributed by atoms with Crippen LogP contribution in [0.4, 0.5) is 5.13 Å². The van der Waals surface area contributed by atoms with Crippen molar-refractivity contribution in [3.8, 4) is 5.75 Å². The summed E-state index contributed by atoms with van der Waals surface area (Å²) in [6.45, 7) is 9.05. The number of anilines is 1. The van der Waals surface area contributed by atoms with Gasteiger partial charge in [-0.1, -0.05) is 11.3 Å². The van der Waals surface area contributed by atoms with Crippen LogP contribution < -0.4 is 10.1 Å². The van der Waals surface area contributed by atoms with Crippen molar-refractivity contribution in [1.29, 1.82) is 0 Å². The molecule has 1 amide bonds. The number of ether oxygens (including phenoxy) is 1. The van der Waals surface area contributed by atoms with Gasteiger partial charge in [-0.25, -0.2) is 13.4 Å². The largest absolute Gasteiger partial charge is 0.494 e. The Hall–Kier alpha value is -1.75. The molecule has 10 heteroatoms. The van der Waals surface area contributed by atoms with Gasteiger partial charge in [-0.05, 0) is 76.7 Å². The molecule has 0 aliphatic carbocycles. The second-order valence-corrected chi connectivity index (χ2v) is 12.6. The number of thiazole rings is 1. The molecule has 176 valence electrons. The van der Waals surface area contributed by atoms with Crippen molar-refractivity contribution >= 4 is 42.6 Å². The summed E-state index contributed by atoms with van der Waals surface area (Å²) in [4.78, 5) is 19.3. The summed E-state index contributed by atoms with van der Waals surface area (Å²) in [5.41, 5.74) is 0.486. The third-order valence-corrected chi connectivity index (χ3v) is 8.92. The fourth-order valence-corrected chi connectivity index (χ4v) is 7.62. The first-order valence-electron chi connectivity index (χ1n) is 11.0. The van der Waals surface area contributed by atoms with E-state index in [1.54, 1.807) is 4.31 Å². The molecule has 1 aromatic carbocycles. The zero-order valence-corrected chi connectivity index (χ0v) is 20.8. The maximum atomic E-state index is 12.6. The lowest BCUT2D eigenvalue weighted by atomic mass is 9.74. The average molecular weight is 481 g/mol. The zero-order valence-electron chi connectivity index (χ0n) is 19.2. The normalized spacial score (nSPS) is 21.2. The molecule has 0 atom stereocenters. The van der Waals surface area contributed by atoms with E-state index in [4.69, 9.17) is 4.74 Å². The third kappa shape index (κ3) is 4.93. The van der Waals surface area contributed by atoms with Crippen molar-refractivity contribution in [2.75, 3.05) is 44.4 Å². The maximum Gasteiger partial charge on any atom is 0.240 e. The Morgan fingerprint density at radius 1 is 1.28 bits per heavy atom. The minimum absolute atomic E-state index is 0.00482. The summed E-state index contributed by atoms with van der Waals surface area (Å²) in [6.07, 6.45) is 3.96. The van der Waals surface area contributed by atoms with Crippen LogP contribution in [0.15, 0.2) is 18.2 Å². The van der Waals surface area contributed by atoms with Crippen molar-refractivity contribution < 1.29 is 17.9 Å². The first-order valence-corrected chi connectivity index (χ1v) is 13.7. The number of sulfonamides is 1. The molecule has 2 aromatic rings. The smallest absolute Gasteiger partial charge is 0.240 e. The second kappa shape index (κ2) is 8.55. The molecule has 1 spiro atoms. The van der Waals surface area contributed by atoms with Gasteiger partial charge in [-0.2, -0.15) is 4.31 Å². The second-order valence-electron chi connectivity index (χ2n) is 9.66. The first-order chi connectivity index (χ1) is 15.0. The van der Waals surface area contributed by atoms with Gasteiger partial charge in [0, 0.05) is 12.1 Å². The summed E-state index contributed by atoms with van der Waals surface area (Å²) in [5.74, 6) is 0.725. The molecule has 0 bridgehead atoms. The van der Waals surface area contributed by atoms with E-state index in [0.717, 1.165) is 48.3 Å². The number of nitrogens with one attached hydrogen (secondary N) is 1. The van der Waals surface area contributed by atoms with Crippen molar-refractivity contribution in [1.82, 2.24) is 14.2 Å². The van der Waals surface area contributed by atoms with Crippen LogP contribution in [0.25, 0.3) is 10.2 Å². The van der Waals surface area contributed by atoms with E-state index in [9.17, 15) is 13.2 Å². The lowest BCUT2D eigenvalue weighted by molar-refractivity contribution is -0.117. The average Bonchev–Trinajstić information content (AvgIpc) is 3.20. The molecule has 1 aromatic heterocycles. The number of carbonyl (C=O) groups is 1. The highest BCUT2D eigenvalue weighted by Crippen LogP contribution is 2.48. The number of fused-ring (bicyclic) bond motifs is 1. The van der Waals surface area contributed by atoms with E-state index in [1.807, 2.05) is 39.0 Å². The number of carbonyl (C=O) groups excluding carboxylic acids is 1. The lowest BCUT2D eigenvalue weighted by Crippen LogP contribution is -2.45.